The molecule has 3 N–H and O–H groups in total. The van der Waals surface area contributed by atoms with Crippen LogP contribution in [0.2, 0.25) is 5.15 Å². The van der Waals surface area contributed by atoms with Gasteiger partial charge < -0.3 is 10.8 Å². The lowest BCUT2D eigenvalue weighted by atomic mass is 10.1. The van der Waals surface area contributed by atoms with E-state index in [1.54, 1.807) is 0 Å². The number of aromatic nitrogens is 2. The first-order valence-corrected chi connectivity index (χ1v) is 5.49. The lowest BCUT2D eigenvalue weighted by Crippen LogP contribution is -2.07. The molecule has 1 aliphatic carbocycles. The van der Waals surface area contributed by atoms with E-state index in [2.05, 4.69) is 9.97 Å². The van der Waals surface area contributed by atoms with Crippen molar-refractivity contribution >= 4 is 23.5 Å². The van der Waals surface area contributed by atoms with E-state index in [1.807, 2.05) is 0 Å². The van der Waals surface area contributed by atoms with E-state index in [0.29, 0.717) is 12.3 Å². The number of anilines is 1. The fraction of sp³-hybridized carbons (Fsp3) is 0.500. The molecule has 1 aromatic heterocycles. The predicted molar refractivity (Wildman–Crippen MR) is 59.4 cm³/mol. The highest BCUT2D eigenvalue weighted by Crippen LogP contribution is 2.42. The number of carboxylic acids is 1. The highest BCUT2D eigenvalue weighted by atomic mass is 35.5. The van der Waals surface area contributed by atoms with Crippen LogP contribution in [0.4, 0.5) is 5.95 Å². The van der Waals surface area contributed by atoms with E-state index in [-0.39, 0.29) is 17.5 Å². The minimum absolute atomic E-state index is 0.0344. The number of nitrogens with two attached hydrogens (primary N) is 1. The second-order valence-electron chi connectivity index (χ2n) is 3.90. The molecular formula is C10H12ClN3O2. The van der Waals surface area contributed by atoms with Crippen molar-refractivity contribution in [3.05, 3.63) is 16.4 Å². The summed E-state index contributed by atoms with van der Waals surface area (Å²) in [7, 11) is 0. The van der Waals surface area contributed by atoms with Crippen molar-refractivity contribution in [3.63, 3.8) is 0 Å². The Bertz CT molecular complexity index is 432. The predicted octanol–water partition coefficient (Wildman–Crippen LogP) is 1.61. The number of halogens is 1. The monoisotopic (exact) mass is 241 g/mol. The minimum Gasteiger partial charge on any atom is -0.481 e. The average Bonchev–Trinajstić information content (AvgIpc) is 2.97. The normalized spacial score (nSPS) is 15.1. The maximum Gasteiger partial charge on any atom is 0.303 e. The van der Waals surface area contributed by atoms with Crippen molar-refractivity contribution in [2.45, 2.75) is 31.6 Å². The number of nitrogens with zero attached hydrogens (tertiary/aromatic N) is 2. The van der Waals surface area contributed by atoms with E-state index in [0.717, 1.165) is 24.1 Å². The molecule has 1 aliphatic rings. The van der Waals surface area contributed by atoms with E-state index >= 15 is 0 Å². The zero-order valence-electron chi connectivity index (χ0n) is 8.61. The minimum atomic E-state index is -0.852. The van der Waals surface area contributed by atoms with Gasteiger partial charge in [-0.25, -0.2) is 9.97 Å². The number of nitrogen functional groups attached to an aromatic ring is 1. The molecular weight excluding hydrogens is 230 g/mol. The fourth-order valence-electron chi connectivity index (χ4n) is 1.65. The first-order chi connectivity index (χ1) is 7.58. The fourth-order valence-corrected chi connectivity index (χ4v) is 1.93. The molecule has 0 atom stereocenters. The lowest BCUT2D eigenvalue weighted by Gasteiger charge is -2.09. The van der Waals surface area contributed by atoms with Gasteiger partial charge in [-0.05, 0) is 19.3 Å². The smallest absolute Gasteiger partial charge is 0.303 e. The number of carbonyl (C=O) groups is 1. The van der Waals surface area contributed by atoms with Crippen molar-refractivity contribution in [1.29, 1.82) is 0 Å². The number of hydrogen-bond acceptors (Lipinski definition) is 4. The summed E-state index contributed by atoms with van der Waals surface area (Å²) in [5, 5.41) is 8.94. The van der Waals surface area contributed by atoms with Crippen molar-refractivity contribution in [1.82, 2.24) is 9.97 Å². The largest absolute Gasteiger partial charge is 0.481 e. The topological polar surface area (TPSA) is 89.1 Å². The Kier molecular flexibility index (Phi) is 2.96. The maximum absolute atomic E-state index is 10.5. The van der Waals surface area contributed by atoms with Crippen molar-refractivity contribution in [2.75, 3.05) is 5.73 Å². The number of hydrogen-bond donors (Lipinski definition) is 2. The van der Waals surface area contributed by atoms with Gasteiger partial charge in [0.15, 0.2) is 0 Å². The molecule has 16 heavy (non-hydrogen) atoms. The van der Waals surface area contributed by atoms with Gasteiger partial charge in [0.1, 0.15) is 5.15 Å². The Morgan fingerprint density at radius 2 is 2.19 bits per heavy atom. The molecule has 0 amide bonds. The van der Waals surface area contributed by atoms with Crippen LogP contribution in [0.1, 0.15) is 36.4 Å². The number of carboxylic acid groups (broad SMARTS) is 1. The standard InChI is InChI=1S/C10H12ClN3O2/c11-9-6(3-4-7(15)16)8(5-1-2-5)13-10(12)14-9/h5H,1-4H2,(H,15,16)(H2,12,13,14). The molecule has 5 nitrogen and oxygen atoms in total. The van der Waals surface area contributed by atoms with Gasteiger partial charge in [-0.3, -0.25) is 4.79 Å². The molecule has 2 rings (SSSR count). The third kappa shape index (κ3) is 2.41. The van der Waals surface area contributed by atoms with Gasteiger partial charge in [-0.1, -0.05) is 11.6 Å². The van der Waals surface area contributed by atoms with Gasteiger partial charge in [-0.2, -0.15) is 0 Å². The zero-order valence-corrected chi connectivity index (χ0v) is 9.37. The molecule has 86 valence electrons. The van der Waals surface area contributed by atoms with Crippen molar-refractivity contribution < 1.29 is 9.90 Å². The van der Waals surface area contributed by atoms with Crippen LogP contribution in [0, 0.1) is 0 Å². The average molecular weight is 242 g/mol. The van der Waals surface area contributed by atoms with E-state index in [4.69, 9.17) is 22.4 Å². The molecule has 0 aliphatic heterocycles. The molecule has 0 aromatic carbocycles. The van der Waals surface area contributed by atoms with Crippen molar-refractivity contribution in [3.8, 4) is 0 Å². The Morgan fingerprint density at radius 1 is 1.50 bits per heavy atom. The van der Waals surface area contributed by atoms with Gasteiger partial charge >= 0.3 is 5.97 Å². The van der Waals surface area contributed by atoms with Crippen LogP contribution < -0.4 is 5.73 Å². The Hall–Kier alpha value is -1.36. The Morgan fingerprint density at radius 3 is 2.75 bits per heavy atom. The summed E-state index contributed by atoms with van der Waals surface area (Å²) < 4.78 is 0. The highest BCUT2D eigenvalue weighted by Gasteiger charge is 2.29. The summed E-state index contributed by atoms with van der Waals surface area (Å²) in [5.74, 6) is -0.313. The Labute approximate surface area is 97.7 Å². The van der Waals surface area contributed by atoms with Crippen LogP contribution in [-0.4, -0.2) is 21.0 Å². The van der Waals surface area contributed by atoms with E-state index < -0.39 is 5.97 Å². The molecule has 0 unspecified atom stereocenters. The van der Waals surface area contributed by atoms with E-state index in [1.165, 1.54) is 0 Å². The van der Waals surface area contributed by atoms with Crippen LogP contribution in [0.3, 0.4) is 0 Å². The molecule has 0 bridgehead atoms. The van der Waals surface area contributed by atoms with Crippen LogP contribution in [-0.2, 0) is 11.2 Å². The Balaban J connectivity index is 2.29. The summed E-state index contributed by atoms with van der Waals surface area (Å²) in [4.78, 5) is 18.6. The number of aliphatic carboxylic acids is 1. The van der Waals surface area contributed by atoms with Gasteiger partial charge in [0.25, 0.3) is 0 Å². The summed E-state index contributed by atoms with van der Waals surface area (Å²) in [6.07, 6.45) is 2.52. The third-order valence-electron chi connectivity index (χ3n) is 2.56. The van der Waals surface area contributed by atoms with E-state index in [9.17, 15) is 4.79 Å². The molecule has 1 fully saturated rings. The second-order valence-corrected chi connectivity index (χ2v) is 4.26. The molecule has 0 radical (unpaired) electrons. The molecule has 6 heteroatoms. The van der Waals surface area contributed by atoms with Crippen molar-refractivity contribution in [2.24, 2.45) is 0 Å². The van der Waals surface area contributed by atoms with Gasteiger partial charge in [0, 0.05) is 17.9 Å². The SMILES string of the molecule is Nc1nc(Cl)c(CCC(=O)O)c(C2CC2)n1. The zero-order chi connectivity index (χ0) is 11.7. The highest BCUT2D eigenvalue weighted by molar-refractivity contribution is 6.30. The molecule has 1 aromatic rings. The van der Waals surface area contributed by atoms with Crippen LogP contribution >= 0.6 is 11.6 Å². The number of rotatable bonds is 4. The third-order valence-corrected chi connectivity index (χ3v) is 2.87. The summed E-state index contributed by atoms with van der Waals surface area (Å²) in [5.41, 5.74) is 7.10. The lowest BCUT2D eigenvalue weighted by molar-refractivity contribution is -0.136. The molecule has 1 heterocycles. The first-order valence-electron chi connectivity index (χ1n) is 5.11. The first kappa shape index (κ1) is 11.1. The van der Waals surface area contributed by atoms with Crippen LogP contribution in [0.25, 0.3) is 0 Å². The molecule has 0 spiro atoms. The molecule has 0 saturated heterocycles. The van der Waals surface area contributed by atoms with Crippen LogP contribution in [0.5, 0.6) is 0 Å². The van der Waals surface area contributed by atoms with Crippen LogP contribution in [0.15, 0.2) is 0 Å². The quantitative estimate of drug-likeness (QED) is 0.782. The van der Waals surface area contributed by atoms with Gasteiger partial charge in [0.2, 0.25) is 5.95 Å². The second kappa shape index (κ2) is 4.25. The summed E-state index contributed by atoms with van der Waals surface area (Å²) in [6.45, 7) is 0. The molecule has 1 saturated carbocycles. The maximum atomic E-state index is 10.5. The van der Waals surface area contributed by atoms with Gasteiger partial charge in [-0.15, -0.1) is 0 Å². The summed E-state index contributed by atoms with van der Waals surface area (Å²) >= 11 is 5.97. The van der Waals surface area contributed by atoms with Gasteiger partial charge in [0.05, 0.1) is 5.69 Å². The summed E-state index contributed by atoms with van der Waals surface area (Å²) in [6, 6.07) is 0.